The maximum atomic E-state index is 13.5. The second kappa shape index (κ2) is 8.68. The number of benzene rings is 2. The van der Waals surface area contributed by atoms with Crippen molar-refractivity contribution in [1.82, 2.24) is 4.31 Å². The Labute approximate surface area is 184 Å². The zero-order valence-corrected chi connectivity index (χ0v) is 19.1. The molecule has 0 radical (unpaired) electrons. The summed E-state index contributed by atoms with van der Waals surface area (Å²) in [5.74, 6) is 0.284. The van der Waals surface area contributed by atoms with E-state index in [1.54, 1.807) is 6.07 Å². The van der Waals surface area contributed by atoms with E-state index >= 15 is 0 Å². The van der Waals surface area contributed by atoms with Crippen LogP contribution in [0.2, 0.25) is 0 Å². The molecular weight excluding hydrogens is 438 g/mol. The molecule has 31 heavy (non-hydrogen) atoms. The van der Waals surface area contributed by atoms with Crippen LogP contribution in [0, 0.1) is 0 Å². The van der Waals surface area contributed by atoms with Gasteiger partial charge in [0.15, 0.2) is 0 Å². The van der Waals surface area contributed by atoms with Gasteiger partial charge in [-0.05, 0) is 43.2 Å². The molecule has 0 N–H and O–H groups in total. The van der Waals surface area contributed by atoms with Crippen molar-refractivity contribution in [3.8, 4) is 5.75 Å². The van der Waals surface area contributed by atoms with Crippen molar-refractivity contribution < 1.29 is 21.6 Å². The van der Waals surface area contributed by atoms with Crippen LogP contribution < -0.4 is 13.9 Å². The molecule has 0 bridgehead atoms. The number of anilines is 2. The highest BCUT2D eigenvalue weighted by Crippen LogP contribution is 2.34. The standard InChI is InChI=1S/C21H27N3O5S2/c1-29-20-10-9-19(24-11-5-6-16-30(24,25)26)17-21(20)31(27,28)23-14-12-22(13-15-23)18-7-3-2-4-8-18/h2-4,7-10,17H,5-6,11-16H2,1H3. The van der Waals surface area contributed by atoms with Crippen molar-refractivity contribution in [2.45, 2.75) is 17.7 Å². The van der Waals surface area contributed by atoms with Gasteiger partial charge in [-0.15, -0.1) is 0 Å². The number of piperazine rings is 1. The van der Waals surface area contributed by atoms with E-state index in [0.29, 0.717) is 44.8 Å². The number of hydrogen-bond donors (Lipinski definition) is 0. The smallest absolute Gasteiger partial charge is 0.246 e. The number of hydrogen-bond acceptors (Lipinski definition) is 6. The van der Waals surface area contributed by atoms with E-state index in [-0.39, 0.29) is 16.4 Å². The molecule has 2 aromatic carbocycles. The van der Waals surface area contributed by atoms with Crippen LogP contribution in [-0.4, -0.2) is 66.7 Å². The van der Waals surface area contributed by atoms with Crippen molar-refractivity contribution in [2.75, 3.05) is 54.8 Å². The molecule has 168 valence electrons. The lowest BCUT2D eigenvalue weighted by Crippen LogP contribution is -2.48. The highest BCUT2D eigenvalue weighted by Gasteiger charge is 2.33. The Morgan fingerprint density at radius 3 is 2.23 bits per heavy atom. The van der Waals surface area contributed by atoms with E-state index in [1.807, 2.05) is 30.3 Å². The minimum atomic E-state index is -3.85. The van der Waals surface area contributed by atoms with Gasteiger partial charge in [0.2, 0.25) is 20.0 Å². The van der Waals surface area contributed by atoms with Crippen LogP contribution in [0.3, 0.4) is 0 Å². The molecule has 2 aromatic rings. The van der Waals surface area contributed by atoms with E-state index in [9.17, 15) is 16.8 Å². The number of nitrogens with zero attached hydrogens (tertiary/aromatic N) is 3. The van der Waals surface area contributed by atoms with Gasteiger partial charge in [0, 0.05) is 38.4 Å². The molecule has 0 aromatic heterocycles. The average Bonchev–Trinajstić information content (AvgIpc) is 2.79. The average molecular weight is 466 g/mol. The molecule has 0 atom stereocenters. The molecule has 0 aliphatic carbocycles. The van der Waals surface area contributed by atoms with Gasteiger partial charge in [0.05, 0.1) is 18.6 Å². The van der Waals surface area contributed by atoms with Gasteiger partial charge < -0.3 is 9.64 Å². The summed E-state index contributed by atoms with van der Waals surface area (Å²) in [7, 11) is -5.88. The van der Waals surface area contributed by atoms with Gasteiger partial charge in [-0.3, -0.25) is 4.31 Å². The Morgan fingerprint density at radius 2 is 1.58 bits per heavy atom. The first-order chi connectivity index (χ1) is 14.8. The number of rotatable bonds is 5. The third-order valence-corrected chi connectivity index (χ3v) is 9.55. The highest BCUT2D eigenvalue weighted by molar-refractivity contribution is 7.92. The number of ether oxygens (including phenoxy) is 1. The predicted molar refractivity (Wildman–Crippen MR) is 121 cm³/mol. The molecule has 0 amide bonds. The van der Waals surface area contributed by atoms with Gasteiger partial charge in [-0.25, -0.2) is 16.8 Å². The maximum absolute atomic E-state index is 13.5. The fraction of sp³-hybridized carbons (Fsp3) is 0.429. The molecular formula is C21H27N3O5S2. The number of sulfonamides is 2. The Bertz CT molecular complexity index is 1130. The van der Waals surface area contributed by atoms with Crippen LogP contribution >= 0.6 is 0 Å². The largest absolute Gasteiger partial charge is 0.495 e. The Balaban J connectivity index is 1.60. The summed E-state index contributed by atoms with van der Waals surface area (Å²) < 4.78 is 60.0. The van der Waals surface area contributed by atoms with Crippen molar-refractivity contribution >= 4 is 31.4 Å². The molecule has 2 aliphatic rings. The third-order valence-electron chi connectivity index (χ3n) is 5.76. The van der Waals surface area contributed by atoms with Gasteiger partial charge in [-0.2, -0.15) is 4.31 Å². The lowest BCUT2D eigenvalue weighted by Gasteiger charge is -2.35. The van der Waals surface area contributed by atoms with Gasteiger partial charge in [0.1, 0.15) is 10.6 Å². The number of para-hydroxylation sites is 1. The number of methoxy groups -OCH3 is 1. The normalized spacial score (nSPS) is 19.9. The Morgan fingerprint density at radius 1 is 0.871 bits per heavy atom. The van der Waals surface area contributed by atoms with Crippen LogP contribution in [-0.2, 0) is 20.0 Å². The minimum Gasteiger partial charge on any atom is -0.495 e. The molecule has 2 aliphatic heterocycles. The third kappa shape index (κ3) is 4.37. The van der Waals surface area contributed by atoms with Gasteiger partial charge in [-0.1, -0.05) is 18.2 Å². The first kappa shape index (κ1) is 21.9. The second-order valence-electron chi connectivity index (χ2n) is 7.66. The molecule has 2 saturated heterocycles. The maximum Gasteiger partial charge on any atom is 0.246 e. The SMILES string of the molecule is COc1ccc(N2CCCCS2(=O)=O)cc1S(=O)(=O)N1CCN(c2ccccc2)CC1. The summed E-state index contributed by atoms with van der Waals surface area (Å²) in [6, 6.07) is 14.5. The summed E-state index contributed by atoms with van der Waals surface area (Å²) in [5.41, 5.74) is 1.43. The van der Waals surface area contributed by atoms with Crippen molar-refractivity contribution in [1.29, 1.82) is 0 Å². The van der Waals surface area contributed by atoms with Gasteiger partial charge >= 0.3 is 0 Å². The van der Waals surface area contributed by atoms with Crippen molar-refractivity contribution in [3.63, 3.8) is 0 Å². The molecule has 4 rings (SSSR count). The van der Waals surface area contributed by atoms with Crippen LogP contribution in [0.15, 0.2) is 53.4 Å². The summed E-state index contributed by atoms with van der Waals surface area (Å²) in [6.07, 6.45) is 1.36. The van der Waals surface area contributed by atoms with Crippen LogP contribution in [0.1, 0.15) is 12.8 Å². The van der Waals surface area contributed by atoms with Crippen LogP contribution in [0.4, 0.5) is 11.4 Å². The predicted octanol–water partition coefficient (Wildman–Crippen LogP) is 2.14. The Hall–Kier alpha value is -2.30. The topological polar surface area (TPSA) is 87.2 Å². The van der Waals surface area contributed by atoms with Crippen LogP contribution in [0.5, 0.6) is 5.75 Å². The monoisotopic (exact) mass is 465 g/mol. The van der Waals surface area contributed by atoms with E-state index in [0.717, 1.165) is 12.1 Å². The lowest BCUT2D eigenvalue weighted by atomic mass is 10.2. The Kier molecular flexibility index (Phi) is 6.14. The summed E-state index contributed by atoms with van der Waals surface area (Å²) >= 11 is 0. The fourth-order valence-corrected chi connectivity index (χ4v) is 7.29. The summed E-state index contributed by atoms with van der Waals surface area (Å²) in [4.78, 5) is 2.15. The molecule has 8 nitrogen and oxygen atoms in total. The van der Waals surface area contributed by atoms with Gasteiger partial charge in [0.25, 0.3) is 0 Å². The summed E-state index contributed by atoms with van der Waals surface area (Å²) in [6.45, 7) is 2.18. The molecule has 0 unspecified atom stereocenters. The highest BCUT2D eigenvalue weighted by atomic mass is 32.2. The molecule has 0 saturated carbocycles. The molecule has 0 spiro atoms. The first-order valence-corrected chi connectivity index (χ1v) is 13.4. The van der Waals surface area contributed by atoms with E-state index in [4.69, 9.17) is 4.74 Å². The van der Waals surface area contributed by atoms with Crippen molar-refractivity contribution in [2.24, 2.45) is 0 Å². The van der Waals surface area contributed by atoms with E-state index in [2.05, 4.69) is 4.90 Å². The zero-order valence-electron chi connectivity index (χ0n) is 17.5. The van der Waals surface area contributed by atoms with Crippen molar-refractivity contribution in [3.05, 3.63) is 48.5 Å². The fourth-order valence-electron chi connectivity index (χ4n) is 4.07. The first-order valence-electron chi connectivity index (χ1n) is 10.3. The quantitative estimate of drug-likeness (QED) is 0.672. The zero-order chi connectivity index (χ0) is 22.1. The van der Waals surface area contributed by atoms with E-state index in [1.165, 1.54) is 27.9 Å². The van der Waals surface area contributed by atoms with E-state index < -0.39 is 20.0 Å². The second-order valence-corrected chi connectivity index (χ2v) is 11.6. The minimum absolute atomic E-state index is 0.00133. The van der Waals surface area contributed by atoms with Crippen LogP contribution in [0.25, 0.3) is 0 Å². The molecule has 2 fully saturated rings. The lowest BCUT2D eigenvalue weighted by molar-refractivity contribution is 0.374. The summed E-state index contributed by atoms with van der Waals surface area (Å²) in [5, 5.41) is 0. The molecule has 10 heteroatoms. The molecule has 2 heterocycles.